The molecule has 0 aliphatic heterocycles. The first-order valence-electron chi connectivity index (χ1n) is 7.18. The van der Waals surface area contributed by atoms with Crippen molar-refractivity contribution in [1.29, 1.82) is 5.26 Å². The molecule has 0 unspecified atom stereocenters. The number of nitrogens with two attached hydrogens (primary N) is 1. The fourth-order valence-corrected chi connectivity index (χ4v) is 4.07. The van der Waals surface area contributed by atoms with Gasteiger partial charge in [-0.3, -0.25) is 0 Å². The van der Waals surface area contributed by atoms with Crippen molar-refractivity contribution in [3.05, 3.63) is 39.8 Å². The quantitative estimate of drug-likeness (QED) is 0.912. The molecule has 1 heterocycles. The molecule has 1 aliphatic carbocycles. The lowest BCUT2D eigenvalue weighted by Gasteiger charge is -2.06. The fourth-order valence-electron chi connectivity index (χ4n) is 3.01. The average molecular weight is 282 g/mol. The average Bonchev–Trinajstić information content (AvgIpc) is 3.04. The Morgan fingerprint density at radius 3 is 2.85 bits per heavy atom. The summed E-state index contributed by atoms with van der Waals surface area (Å²) in [6, 6.07) is 8.97. The van der Waals surface area contributed by atoms with Crippen LogP contribution in [0, 0.1) is 11.3 Å². The Bertz CT molecular complexity index is 692. The molecule has 0 bridgehead atoms. The molecule has 102 valence electrons. The van der Waals surface area contributed by atoms with Crippen LogP contribution >= 0.6 is 11.3 Å². The second-order valence-electron chi connectivity index (χ2n) is 5.35. The standard InChI is InChI=1S/C17H18N2S/c1-2-4-14-16(19)15(10-18)20-17(14)13-8-7-11-5-3-6-12(11)9-13/h7-9H,2-6,19H2,1H3. The molecule has 1 aromatic heterocycles. The largest absolute Gasteiger partial charge is 0.397 e. The highest BCUT2D eigenvalue weighted by Gasteiger charge is 2.18. The Balaban J connectivity index is 2.12. The van der Waals surface area contributed by atoms with Gasteiger partial charge in [0.15, 0.2) is 0 Å². The van der Waals surface area contributed by atoms with Gasteiger partial charge < -0.3 is 5.73 Å². The van der Waals surface area contributed by atoms with Crippen LogP contribution in [-0.2, 0) is 19.3 Å². The molecule has 3 heteroatoms. The van der Waals surface area contributed by atoms with Crippen LogP contribution in [0.4, 0.5) is 5.69 Å². The van der Waals surface area contributed by atoms with E-state index in [1.165, 1.54) is 52.2 Å². The molecule has 0 saturated carbocycles. The number of aryl methyl sites for hydroxylation is 2. The third-order valence-corrected chi connectivity index (χ3v) is 5.21. The third-order valence-electron chi connectivity index (χ3n) is 4.01. The summed E-state index contributed by atoms with van der Waals surface area (Å²) in [6.07, 6.45) is 5.63. The lowest BCUT2D eigenvalue weighted by molar-refractivity contribution is 0.912. The van der Waals surface area contributed by atoms with Crippen molar-refractivity contribution in [2.75, 3.05) is 5.73 Å². The first kappa shape index (κ1) is 13.2. The van der Waals surface area contributed by atoms with Crippen LogP contribution in [0.2, 0.25) is 0 Å². The van der Waals surface area contributed by atoms with Crippen LogP contribution in [0.5, 0.6) is 0 Å². The van der Waals surface area contributed by atoms with E-state index in [1.54, 1.807) is 0 Å². The summed E-state index contributed by atoms with van der Waals surface area (Å²) in [5.41, 5.74) is 12.2. The number of hydrogen-bond donors (Lipinski definition) is 1. The van der Waals surface area contributed by atoms with Gasteiger partial charge >= 0.3 is 0 Å². The Kier molecular flexibility index (Phi) is 3.50. The fraction of sp³-hybridized carbons (Fsp3) is 0.353. The molecule has 1 aromatic carbocycles. The first-order chi connectivity index (χ1) is 9.74. The van der Waals surface area contributed by atoms with E-state index >= 15 is 0 Å². The van der Waals surface area contributed by atoms with E-state index in [4.69, 9.17) is 5.73 Å². The van der Waals surface area contributed by atoms with E-state index in [0.29, 0.717) is 10.6 Å². The molecule has 1 aliphatic rings. The van der Waals surface area contributed by atoms with Gasteiger partial charge in [-0.05, 0) is 47.9 Å². The highest BCUT2D eigenvalue weighted by Crippen LogP contribution is 2.40. The Labute approximate surface area is 123 Å². The Morgan fingerprint density at radius 2 is 2.10 bits per heavy atom. The number of benzene rings is 1. The van der Waals surface area contributed by atoms with Crippen molar-refractivity contribution < 1.29 is 0 Å². The smallest absolute Gasteiger partial charge is 0.128 e. The summed E-state index contributed by atoms with van der Waals surface area (Å²) < 4.78 is 0. The van der Waals surface area contributed by atoms with Crippen molar-refractivity contribution in [2.24, 2.45) is 0 Å². The summed E-state index contributed by atoms with van der Waals surface area (Å²) in [5.74, 6) is 0. The number of nitrogen functional groups attached to an aromatic ring is 1. The van der Waals surface area contributed by atoms with Crippen molar-refractivity contribution in [3.63, 3.8) is 0 Å². The van der Waals surface area contributed by atoms with Gasteiger partial charge in [-0.15, -0.1) is 11.3 Å². The minimum Gasteiger partial charge on any atom is -0.397 e. The lowest BCUT2D eigenvalue weighted by atomic mass is 10.0. The van der Waals surface area contributed by atoms with Gasteiger partial charge in [0.2, 0.25) is 0 Å². The van der Waals surface area contributed by atoms with E-state index in [1.807, 2.05) is 0 Å². The maximum absolute atomic E-state index is 9.21. The van der Waals surface area contributed by atoms with Gasteiger partial charge in [-0.1, -0.05) is 31.5 Å². The van der Waals surface area contributed by atoms with Gasteiger partial charge in [0.1, 0.15) is 10.9 Å². The van der Waals surface area contributed by atoms with Crippen molar-refractivity contribution in [3.8, 4) is 16.5 Å². The van der Waals surface area contributed by atoms with Gasteiger partial charge in [-0.25, -0.2) is 0 Å². The van der Waals surface area contributed by atoms with E-state index in [9.17, 15) is 5.26 Å². The number of nitrogens with zero attached hydrogens (tertiary/aromatic N) is 1. The van der Waals surface area contributed by atoms with Crippen LogP contribution in [0.25, 0.3) is 10.4 Å². The molecule has 0 fully saturated rings. The predicted octanol–water partition coefficient (Wildman–Crippen LogP) is 4.31. The number of rotatable bonds is 3. The topological polar surface area (TPSA) is 49.8 Å². The molecule has 0 spiro atoms. The van der Waals surface area contributed by atoms with Gasteiger partial charge in [-0.2, -0.15) is 5.26 Å². The number of anilines is 1. The summed E-state index contributed by atoms with van der Waals surface area (Å²) in [5, 5.41) is 9.21. The normalized spacial score (nSPS) is 13.2. The van der Waals surface area contributed by atoms with Crippen molar-refractivity contribution >= 4 is 17.0 Å². The highest BCUT2D eigenvalue weighted by molar-refractivity contribution is 7.16. The summed E-state index contributed by atoms with van der Waals surface area (Å²) in [7, 11) is 0. The van der Waals surface area contributed by atoms with Crippen LogP contribution in [-0.4, -0.2) is 0 Å². The second-order valence-corrected chi connectivity index (χ2v) is 6.37. The molecule has 3 rings (SSSR count). The zero-order chi connectivity index (χ0) is 14.1. The molecule has 2 aromatic rings. The maximum atomic E-state index is 9.21. The minimum absolute atomic E-state index is 0.656. The van der Waals surface area contributed by atoms with E-state index in [2.05, 4.69) is 31.2 Å². The molecule has 20 heavy (non-hydrogen) atoms. The second kappa shape index (κ2) is 5.30. The zero-order valence-electron chi connectivity index (χ0n) is 11.7. The SMILES string of the molecule is CCCc1c(-c2ccc3c(c2)CCC3)sc(C#N)c1N. The number of hydrogen-bond acceptors (Lipinski definition) is 3. The molecule has 0 amide bonds. The van der Waals surface area contributed by atoms with Crippen molar-refractivity contribution in [2.45, 2.75) is 39.0 Å². The summed E-state index contributed by atoms with van der Waals surface area (Å²) >= 11 is 1.54. The van der Waals surface area contributed by atoms with Gasteiger partial charge in [0.05, 0.1) is 5.69 Å². The first-order valence-corrected chi connectivity index (χ1v) is 7.99. The van der Waals surface area contributed by atoms with Crippen LogP contribution in [0.1, 0.15) is 41.3 Å². The van der Waals surface area contributed by atoms with E-state index < -0.39 is 0 Å². The Morgan fingerprint density at radius 1 is 1.30 bits per heavy atom. The molecule has 0 radical (unpaired) electrons. The Hall–Kier alpha value is -1.79. The van der Waals surface area contributed by atoms with Gasteiger partial charge in [0, 0.05) is 4.88 Å². The minimum atomic E-state index is 0.656. The maximum Gasteiger partial charge on any atom is 0.128 e. The number of thiophene rings is 1. The molecule has 0 atom stereocenters. The molecule has 2 N–H and O–H groups in total. The van der Waals surface area contributed by atoms with Crippen LogP contribution < -0.4 is 5.73 Å². The van der Waals surface area contributed by atoms with E-state index in [-0.39, 0.29) is 0 Å². The van der Waals surface area contributed by atoms with Crippen LogP contribution in [0.15, 0.2) is 18.2 Å². The third kappa shape index (κ3) is 2.10. The summed E-state index contributed by atoms with van der Waals surface area (Å²) in [6.45, 7) is 2.15. The molecular weight excluding hydrogens is 264 g/mol. The lowest BCUT2D eigenvalue weighted by Crippen LogP contribution is -1.93. The molecular formula is C17H18N2S. The highest BCUT2D eigenvalue weighted by atomic mass is 32.1. The monoisotopic (exact) mass is 282 g/mol. The van der Waals surface area contributed by atoms with Crippen LogP contribution in [0.3, 0.4) is 0 Å². The number of fused-ring (bicyclic) bond motifs is 1. The van der Waals surface area contributed by atoms with Gasteiger partial charge in [0.25, 0.3) is 0 Å². The molecule has 0 saturated heterocycles. The zero-order valence-corrected chi connectivity index (χ0v) is 12.5. The number of nitriles is 1. The van der Waals surface area contributed by atoms with E-state index in [0.717, 1.165) is 18.4 Å². The molecule has 2 nitrogen and oxygen atoms in total. The summed E-state index contributed by atoms with van der Waals surface area (Å²) in [4.78, 5) is 1.85. The van der Waals surface area contributed by atoms with Crippen molar-refractivity contribution in [1.82, 2.24) is 0 Å². The predicted molar refractivity (Wildman–Crippen MR) is 84.9 cm³/mol.